The highest BCUT2D eigenvalue weighted by Gasteiger charge is 2.31. The van der Waals surface area contributed by atoms with E-state index < -0.39 is 17.6 Å². The summed E-state index contributed by atoms with van der Waals surface area (Å²) < 4.78 is 45.4. The maximum absolute atomic E-state index is 13.0. The van der Waals surface area contributed by atoms with Crippen LogP contribution in [0.2, 0.25) is 5.02 Å². The van der Waals surface area contributed by atoms with E-state index in [0.29, 0.717) is 12.2 Å². The number of halogens is 4. The van der Waals surface area contributed by atoms with Crippen LogP contribution in [0.15, 0.2) is 48.7 Å². The Hall–Kier alpha value is -3.53. The minimum absolute atomic E-state index is 0.0616. The molecule has 0 aliphatic carbocycles. The largest absolute Gasteiger partial charge is 0.493 e. The van der Waals surface area contributed by atoms with Gasteiger partial charge < -0.3 is 15.4 Å². The van der Waals surface area contributed by atoms with Gasteiger partial charge in [0.2, 0.25) is 0 Å². The molecule has 3 rings (SSSR count). The van der Waals surface area contributed by atoms with Crippen LogP contribution in [0.4, 0.5) is 18.9 Å². The zero-order valence-corrected chi connectivity index (χ0v) is 18.4. The summed E-state index contributed by atoms with van der Waals surface area (Å²) in [5.41, 5.74) is -0.330. The Morgan fingerprint density at radius 3 is 2.55 bits per heavy atom. The van der Waals surface area contributed by atoms with Gasteiger partial charge in [-0.3, -0.25) is 9.59 Å². The van der Waals surface area contributed by atoms with Crippen molar-refractivity contribution < 1.29 is 27.5 Å². The average molecular weight is 481 g/mol. The number of hydrogen-bond donors (Lipinski definition) is 2. The van der Waals surface area contributed by atoms with Gasteiger partial charge in [0.05, 0.1) is 35.1 Å². The number of methoxy groups -OCH3 is 1. The van der Waals surface area contributed by atoms with Gasteiger partial charge in [0.25, 0.3) is 11.8 Å². The first-order chi connectivity index (χ1) is 15.6. The molecule has 0 radical (unpaired) electrons. The summed E-state index contributed by atoms with van der Waals surface area (Å²) in [6.45, 7) is 2.42. The molecule has 0 fully saturated rings. The number of alkyl halides is 3. The Morgan fingerprint density at radius 2 is 1.91 bits per heavy atom. The Morgan fingerprint density at radius 1 is 1.15 bits per heavy atom. The smallest absolute Gasteiger partial charge is 0.416 e. The van der Waals surface area contributed by atoms with Crippen molar-refractivity contribution in [3.05, 3.63) is 70.5 Å². The molecule has 0 saturated carbocycles. The number of benzene rings is 2. The fraction of sp³-hybridized carbons (Fsp3) is 0.227. The number of ether oxygens (including phenoxy) is 1. The second-order valence-corrected chi connectivity index (χ2v) is 7.35. The van der Waals surface area contributed by atoms with Crippen molar-refractivity contribution in [2.75, 3.05) is 19.0 Å². The van der Waals surface area contributed by atoms with E-state index in [2.05, 4.69) is 15.7 Å². The van der Waals surface area contributed by atoms with E-state index in [0.717, 1.165) is 23.2 Å². The molecule has 2 amide bonds. The normalized spacial score (nSPS) is 11.2. The molecule has 0 atom stereocenters. The molecular weight excluding hydrogens is 461 g/mol. The lowest BCUT2D eigenvalue weighted by molar-refractivity contribution is -0.137. The molecule has 0 spiro atoms. The third-order valence-electron chi connectivity index (χ3n) is 4.56. The molecule has 2 aromatic carbocycles. The number of nitrogens with one attached hydrogen (secondary N) is 2. The number of aromatic nitrogens is 2. The van der Waals surface area contributed by atoms with Gasteiger partial charge in [-0.25, -0.2) is 4.68 Å². The van der Waals surface area contributed by atoms with Crippen molar-refractivity contribution in [2.24, 2.45) is 0 Å². The Balaban J connectivity index is 1.83. The molecule has 0 bridgehead atoms. The van der Waals surface area contributed by atoms with Crippen molar-refractivity contribution in [3.8, 4) is 11.4 Å². The third kappa shape index (κ3) is 5.64. The van der Waals surface area contributed by atoms with Gasteiger partial charge in [-0.05, 0) is 42.8 Å². The van der Waals surface area contributed by atoms with Gasteiger partial charge in [0.1, 0.15) is 0 Å². The second-order valence-electron chi connectivity index (χ2n) is 6.94. The number of carbonyl (C=O) groups is 2. The van der Waals surface area contributed by atoms with Gasteiger partial charge >= 0.3 is 6.18 Å². The number of rotatable bonds is 7. The van der Waals surface area contributed by atoms with Crippen molar-refractivity contribution in [3.63, 3.8) is 0 Å². The second kappa shape index (κ2) is 9.95. The van der Waals surface area contributed by atoms with Crippen molar-refractivity contribution in [1.82, 2.24) is 15.1 Å². The van der Waals surface area contributed by atoms with Gasteiger partial charge in [-0.2, -0.15) is 18.3 Å². The van der Waals surface area contributed by atoms with Crippen LogP contribution in [-0.4, -0.2) is 35.2 Å². The van der Waals surface area contributed by atoms with Gasteiger partial charge in [0, 0.05) is 12.2 Å². The predicted molar refractivity (Wildman–Crippen MR) is 117 cm³/mol. The van der Waals surface area contributed by atoms with Crippen LogP contribution in [0.25, 0.3) is 5.69 Å². The number of amides is 2. The minimum Gasteiger partial charge on any atom is -0.493 e. The van der Waals surface area contributed by atoms with E-state index in [1.165, 1.54) is 43.6 Å². The van der Waals surface area contributed by atoms with Crippen molar-refractivity contribution in [1.29, 1.82) is 0 Å². The molecule has 3 aromatic rings. The van der Waals surface area contributed by atoms with Crippen LogP contribution in [-0.2, 0) is 6.18 Å². The topological polar surface area (TPSA) is 85.3 Å². The molecule has 7 nitrogen and oxygen atoms in total. The van der Waals surface area contributed by atoms with Crippen molar-refractivity contribution in [2.45, 2.75) is 19.5 Å². The van der Waals surface area contributed by atoms with Crippen LogP contribution in [0.5, 0.6) is 5.75 Å². The van der Waals surface area contributed by atoms with Crippen LogP contribution in [0.3, 0.4) is 0 Å². The summed E-state index contributed by atoms with van der Waals surface area (Å²) in [6.07, 6.45) is -2.45. The lowest BCUT2D eigenvalue weighted by Gasteiger charge is -2.09. The molecule has 33 heavy (non-hydrogen) atoms. The predicted octanol–water partition coefficient (Wildman–Crippen LogP) is 4.95. The maximum Gasteiger partial charge on any atom is 0.416 e. The SMILES string of the molecule is CCCNC(=O)c1ccc(NC(=O)c2nn(-c3cccc(C(F)(F)F)c3)cc2OC)cc1Cl. The van der Waals surface area contributed by atoms with Crippen LogP contribution in [0.1, 0.15) is 39.8 Å². The quantitative estimate of drug-likeness (QED) is 0.501. The van der Waals surface area contributed by atoms with Gasteiger partial charge in [0.15, 0.2) is 11.4 Å². The minimum atomic E-state index is -4.52. The zero-order valence-electron chi connectivity index (χ0n) is 17.7. The highest BCUT2D eigenvalue weighted by Crippen LogP contribution is 2.31. The summed E-state index contributed by atoms with van der Waals surface area (Å²) in [5.74, 6) is -0.940. The molecule has 0 aliphatic heterocycles. The molecule has 11 heteroatoms. The molecule has 0 saturated heterocycles. The van der Waals surface area contributed by atoms with E-state index >= 15 is 0 Å². The lowest BCUT2D eigenvalue weighted by atomic mass is 10.2. The fourth-order valence-corrected chi connectivity index (χ4v) is 3.19. The van der Waals surface area contributed by atoms with E-state index in [-0.39, 0.29) is 33.6 Å². The van der Waals surface area contributed by atoms with E-state index in [1.807, 2.05) is 6.92 Å². The first-order valence-corrected chi connectivity index (χ1v) is 10.2. The van der Waals surface area contributed by atoms with Gasteiger partial charge in [-0.15, -0.1) is 0 Å². The highest BCUT2D eigenvalue weighted by molar-refractivity contribution is 6.34. The summed E-state index contributed by atoms with van der Waals surface area (Å²) in [7, 11) is 1.31. The first-order valence-electron chi connectivity index (χ1n) is 9.84. The molecule has 174 valence electrons. The van der Waals surface area contributed by atoms with Crippen molar-refractivity contribution >= 4 is 29.1 Å². The van der Waals surface area contributed by atoms with Gasteiger partial charge in [-0.1, -0.05) is 24.6 Å². The number of carbonyl (C=O) groups excluding carboxylic acids is 2. The summed E-state index contributed by atoms with van der Waals surface area (Å²) >= 11 is 6.18. The molecule has 2 N–H and O–H groups in total. The molecular formula is C22H20ClF3N4O3. The summed E-state index contributed by atoms with van der Waals surface area (Å²) in [5, 5.41) is 9.53. The number of anilines is 1. The third-order valence-corrected chi connectivity index (χ3v) is 4.87. The van der Waals surface area contributed by atoms with E-state index in [1.54, 1.807) is 0 Å². The van der Waals surface area contributed by atoms with E-state index in [9.17, 15) is 22.8 Å². The number of hydrogen-bond acceptors (Lipinski definition) is 4. The maximum atomic E-state index is 13.0. The molecule has 0 unspecified atom stereocenters. The zero-order chi connectivity index (χ0) is 24.2. The fourth-order valence-electron chi connectivity index (χ4n) is 2.92. The first kappa shape index (κ1) is 24.1. The average Bonchev–Trinajstić information content (AvgIpc) is 3.22. The summed E-state index contributed by atoms with van der Waals surface area (Å²) in [4.78, 5) is 24.9. The van der Waals surface area contributed by atoms with E-state index in [4.69, 9.17) is 16.3 Å². The molecule has 0 aliphatic rings. The Labute approximate surface area is 192 Å². The highest BCUT2D eigenvalue weighted by atomic mass is 35.5. The monoisotopic (exact) mass is 480 g/mol. The summed E-state index contributed by atoms with van der Waals surface area (Å²) in [6, 6.07) is 8.90. The molecule has 1 aromatic heterocycles. The standard InChI is InChI=1S/C22H20ClF3N4O3/c1-3-9-27-20(31)16-8-7-14(11-17(16)23)28-21(32)19-18(33-2)12-30(29-19)15-6-4-5-13(10-15)22(24,25)26/h4-8,10-12H,3,9H2,1-2H3,(H,27,31)(H,28,32). The Kier molecular flexibility index (Phi) is 7.27. The lowest BCUT2D eigenvalue weighted by Crippen LogP contribution is -2.24. The van der Waals surface area contributed by atoms with Crippen LogP contribution in [0, 0.1) is 0 Å². The number of nitrogens with zero attached hydrogens (tertiary/aromatic N) is 2. The van der Waals surface area contributed by atoms with Crippen LogP contribution < -0.4 is 15.4 Å². The molecule has 1 heterocycles. The van der Waals surface area contributed by atoms with Crippen LogP contribution >= 0.6 is 11.6 Å². The Bertz CT molecular complexity index is 1180.